The third kappa shape index (κ3) is 4.74. The van der Waals surface area contributed by atoms with Gasteiger partial charge in [-0.05, 0) is 58.2 Å². The van der Waals surface area contributed by atoms with E-state index in [-0.39, 0.29) is 11.6 Å². The van der Waals surface area contributed by atoms with Crippen molar-refractivity contribution in [3.05, 3.63) is 111 Å². The number of hydrogen-bond acceptors (Lipinski definition) is 4. The summed E-state index contributed by atoms with van der Waals surface area (Å²) in [7, 11) is 0. The van der Waals surface area contributed by atoms with Crippen LogP contribution in [0.2, 0.25) is 10.0 Å². The molecule has 7 heteroatoms. The third-order valence-corrected chi connectivity index (χ3v) is 7.33. The van der Waals surface area contributed by atoms with E-state index in [0.29, 0.717) is 10.0 Å². The van der Waals surface area contributed by atoms with Crippen molar-refractivity contribution in [3.63, 3.8) is 0 Å². The topological polar surface area (TPSA) is 55.6 Å². The van der Waals surface area contributed by atoms with Crippen molar-refractivity contribution in [3.8, 4) is 0 Å². The number of rotatable bonds is 7. The molecule has 0 radical (unpaired) electrons. The van der Waals surface area contributed by atoms with Gasteiger partial charge in [0, 0.05) is 16.6 Å². The molecule has 0 saturated heterocycles. The summed E-state index contributed by atoms with van der Waals surface area (Å²) >= 11 is 12.9. The monoisotopic (exact) mass is 491 g/mol. The number of nitrogens with zero attached hydrogens (tertiary/aromatic N) is 4. The molecule has 1 fully saturated rings. The van der Waals surface area contributed by atoms with E-state index in [2.05, 4.69) is 45.1 Å². The summed E-state index contributed by atoms with van der Waals surface area (Å²) in [5.74, 6) is 0.850. The number of hydrogen-bond donors (Lipinski definition) is 1. The first-order valence-corrected chi connectivity index (χ1v) is 12.5. The van der Waals surface area contributed by atoms with Gasteiger partial charge >= 0.3 is 0 Å². The average molecular weight is 492 g/mol. The van der Waals surface area contributed by atoms with Gasteiger partial charge in [0.1, 0.15) is 6.04 Å². The predicted octanol–water partition coefficient (Wildman–Crippen LogP) is 6.57. The molecule has 0 amide bonds. The number of benzene rings is 3. The smallest absolute Gasteiger partial charge is 0.172 e. The summed E-state index contributed by atoms with van der Waals surface area (Å²) in [6.07, 6.45) is 5.45. The summed E-state index contributed by atoms with van der Waals surface area (Å²) in [6, 6.07) is 25.9. The summed E-state index contributed by atoms with van der Waals surface area (Å²) in [6.45, 7) is 0.755. The average Bonchev–Trinajstić information content (AvgIpc) is 3.37. The zero-order valence-corrected chi connectivity index (χ0v) is 20.4. The summed E-state index contributed by atoms with van der Waals surface area (Å²) < 4.78 is 1.95. The first-order chi connectivity index (χ1) is 16.7. The van der Waals surface area contributed by atoms with Gasteiger partial charge in [0.05, 0.1) is 5.54 Å². The first-order valence-electron chi connectivity index (χ1n) is 11.7. The van der Waals surface area contributed by atoms with Crippen LogP contribution in [-0.2, 0) is 12.1 Å². The van der Waals surface area contributed by atoms with E-state index >= 15 is 0 Å². The van der Waals surface area contributed by atoms with Crippen LogP contribution in [0.3, 0.4) is 0 Å². The highest BCUT2D eigenvalue weighted by molar-refractivity contribution is 6.31. The van der Waals surface area contributed by atoms with Gasteiger partial charge in [0.15, 0.2) is 5.82 Å². The minimum Gasteiger partial charge on any atom is -0.301 e. The van der Waals surface area contributed by atoms with Crippen molar-refractivity contribution < 1.29 is 0 Å². The minimum atomic E-state index is -0.316. The van der Waals surface area contributed by atoms with E-state index in [1.54, 1.807) is 0 Å². The van der Waals surface area contributed by atoms with Crippen LogP contribution in [-0.4, -0.2) is 20.2 Å². The molecule has 5 nitrogen and oxygen atoms in total. The highest BCUT2D eigenvalue weighted by Gasteiger charge is 2.40. The molecule has 0 spiro atoms. The van der Waals surface area contributed by atoms with Gasteiger partial charge in [-0.15, -0.1) is 5.10 Å². The van der Waals surface area contributed by atoms with Crippen LogP contribution in [0.25, 0.3) is 0 Å². The van der Waals surface area contributed by atoms with Crippen LogP contribution in [0.15, 0.2) is 78.9 Å². The Labute approximate surface area is 210 Å². The zero-order valence-electron chi connectivity index (χ0n) is 18.9. The van der Waals surface area contributed by atoms with E-state index in [1.807, 2.05) is 59.3 Å². The molecule has 0 unspecified atom stereocenters. The molecule has 1 aliphatic carbocycles. The molecule has 0 bridgehead atoms. The standard InChI is InChI=1S/C27H27Cl2N5/c28-22-15-13-21(14-16-22)25(23-11-5-6-12-24(23)29)34-26(31-32-33-34)27(17-7-2-8-18-27)30-19-20-9-3-1-4-10-20/h1,3-6,9-16,25,30H,2,7-8,17-19H2/t25-/m0/s1. The van der Waals surface area contributed by atoms with Gasteiger partial charge < -0.3 is 5.32 Å². The number of nitrogens with one attached hydrogen (secondary N) is 1. The molecule has 1 atom stereocenters. The lowest BCUT2D eigenvalue weighted by Crippen LogP contribution is -2.46. The van der Waals surface area contributed by atoms with Crippen molar-refractivity contribution in [1.29, 1.82) is 0 Å². The van der Waals surface area contributed by atoms with E-state index in [9.17, 15) is 0 Å². The molecule has 4 aromatic rings. The number of halogens is 2. The van der Waals surface area contributed by atoms with Crippen molar-refractivity contribution in [2.24, 2.45) is 0 Å². The lowest BCUT2D eigenvalue weighted by atomic mass is 9.80. The Balaban J connectivity index is 1.60. The van der Waals surface area contributed by atoms with Crippen LogP contribution in [0.1, 0.15) is 60.7 Å². The summed E-state index contributed by atoms with van der Waals surface area (Å²) in [5.41, 5.74) is 2.91. The van der Waals surface area contributed by atoms with Gasteiger partial charge in [-0.2, -0.15) is 0 Å². The molecular weight excluding hydrogens is 465 g/mol. The maximum atomic E-state index is 6.71. The van der Waals surface area contributed by atoms with Crippen LogP contribution in [0.4, 0.5) is 0 Å². The van der Waals surface area contributed by atoms with Crippen LogP contribution < -0.4 is 5.32 Å². The second-order valence-electron chi connectivity index (χ2n) is 8.90. The Kier molecular flexibility index (Phi) is 6.95. The third-order valence-electron chi connectivity index (χ3n) is 6.73. The van der Waals surface area contributed by atoms with E-state index in [1.165, 1.54) is 12.0 Å². The van der Waals surface area contributed by atoms with Crippen LogP contribution in [0.5, 0.6) is 0 Å². The van der Waals surface area contributed by atoms with Crippen molar-refractivity contribution in [2.45, 2.75) is 50.2 Å². The van der Waals surface area contributed by atoms with Crippen molar-refractivity contribution in [2.75, 3.05) is 0 Å². The van der Waals surface area contributed by atoms with Gasteiger partial charge in [0.25, 0.3) is 0 Å². The lowest BCUT2D eigenvalue weighted by Gasteiger charge is -2.38. The molecule has 34 heavy (non-hydrogen) atoms. The van der Waals surface area contributed by atoms with E-state index < -0.39 is 0 Å². The van der Waals surface area contributed by atoms with Crippen LogP contribution in [0, 0.1) is 0 Å². The Hall–Kier alpha value is -2.73. The predicted molar refractivity (Wildman–Crippen MR) is 136 cm³/mol. The summed E-state index contributed by atoms with van der Waals surface area (Å²) in [5, 5.41) is 18.5. The molecule has 5 rings (SSSR count). The molecule has 3 aromatic carbocycles. The second-order valence-corrected chi connectivity index (χ2v) is 9.75. The van der Waals surface area contributed by atoms with Crippen LogP contribution >= 0.6 is 23.2 Å². The zero-order chi connectivity index (χ0) is 23.4. The fourth-order valence-corrected chi connectivity index (χ4v) is 5.34. The van der Waals surface area contributed by atoms with E-state index in [0.717, 1.165) is 49.2 Å². The molecule has 174 valence electrons. The quantitative estimate of drug-likeness (QED) is 0.317. The normalized spacial score (nSPS) is 16.3. The Morgan fingerprint density at radius 3 is 2.29 bits per heavy atom. The van der Waals surface area contributed by atoms with Crippen molar-refractivity contribution >= 4 is 23.2 Å². The highest BCUT2D eigenvalue weighted by atomic mass is 35.5. The molecule has 1 N–H and O–H groups in total. The number of aromatic nitrogens is 4. The van der Waals surface area contributed by atoms with Gasteiger partial charge in [-0.25, -0.2) is 4.68 Å². The first kappa shape index (κ1) is 23.0. The summed E-state index contributed by atoms with van der Waals surface area (Å²) in [4.78, 5) is 0. The highest BCUT2D eigenvalue weighted by Crippen LogP contribution is 2.40. The minimum absolute atomic E-state index is 0.270. The van der Waals surface area contributed by atoms with Gasteiger partial charge in [0.2, 0.25) is 0 Å². The fraction of sp³-hybridized carbons (Fsp3) is 0.296. The molecule has 0 aliphatic heterocycles. The largest absolute Gasteiger partial charge is 0.301 e. The Bertz CT molecular complexity index is 1220. The molecule has 1 aromatic heterocycles. The maximum absolute atomic E-state index is 6.71. The second kappa shape index (κ2) is 10.3. The fourth-order valence-electron chi connectivity index (χ4n) is 4.98. The molecule has 1 saturated carbocycles. The van der Waals surface area contributed by atoms with Gasteiger partial charge in [-0.3, -0.25) is 0 Å². The SMILES string of the molecule is Clc1ccc([C@@H](c2ccccc2Cl)n2nnnc2C2(NCc3ccccc3)CCCCC2)cc1. The molecule has 1 aliphatic rings. The molecular formula is C27H27Cl2N5. The maximum Gasteiger partial charge on any atom is 0.172 e. The Morgan fingerprint density at radius 2 is 1.56 bits per heavy atom. The van der Waals surface area contributed by atoms with E-state index in [4.69, 9.17) is 23.2 Å². The van der Waals surface area contributed by atoms with Gasteiger partial charge in [-0.1, -0.05) is 103 Å². The molecule has 1 heterocycles. The number of tetrazole rings is 1. The Morgan fingerprint density at radius 1 is 0.853 bits per heavy atom. The van der Waals surface area contributed by atoms with Crippen molar-refractivity contribution in [1.82, 2.24) is 25.5 Å². The lowest BCUT2D eigenvalue weighted by molar-refractivity contribution is 0.207.